The third-order valence-electron chi connectivity index (χ3n) is 4.28. The Bertz CT molecular complexity index is 982. The summed E-state index contributed by atoms with van der Waals surface area (Å²) in [5, 5.41) is 0. The van der Waals surface area contributed by atoms with Crippen LogP contribution >= 0.6 is 15.9 Å². The molecule has 0 N–H and O–H groups in total. The number of imidazole rings is 1. The first kappa shape index (κ1) is 19.3. The van der Waals surface area contributed by atoms with E-state index >= 15 is 0 Å². The van der Waals surface area contributed by atoms with Gasteiger partial charge in [-0.15, -0.1) is 6.58 Å². The van der Waals surface area contributed by atoms with Gasteiger partial charge in [0, 0.05) is 16.5 Å². The fraction of sp³-hybridized carbons (Fsp3) is 0.190. The van der Waals surface area contributed by atoms with E-state index in [4.69, 9.17) is 9.72 Å². The molecule has 0 amide bonds. The molecule has 3 rings (SSSR count). The number of aromatic nitrogens is 2. The lowest BCUT2D eigenvalue weighted by Gasteiger charge is -2.16. The van der Waals surface area contributed by atoms with E-state index in [1.807, 2.05) is 34.9 Å². The molecule has 27 heavy (non-hydrogen) atoms. The van der Waals surface area contributed by atoms with Crippen molar-refractivity contribution < 1.29 is 13.5 Å². The monoisotopic (exact) mass is 432 g/mol. The van der Waals surface area contributed by atoms with Crippen molar-refractivity contribution in [1.82, 2.24) is 9.55 Å². The number of rotatable bonds is 8. The number of allylic oxidation sites excluding steroid dienone is 1. The fourth-order valence-corrected chi connectivity index (χ4v) is 3.41. The average molecular weight is 433 g/mol. The lowest BCUT2D eigenvalue weighted by Crippen LogP contribution is -2.10. The topological polar surface area (TPSA) is 27.1 Å². The molecule has 0 saturated heterocycles. The Morgan fingerprint density at radius 1 is 1.22 bits per heavy atom. The van der Waals surface area contributed by atoms with Crippen LogP contribution in [0.3, 0.4) is 0 Å². The van der Waals surface area contributed by atoms with Gasteiger partial charge in [-0.25, -0.2) is 4.98 Å². The summed E-state index contributed by atoms with van der Waals surface area (Å²) in [6, 6.07) is 10.9. The Labute approximate surface area is 165 Å². The van der Waals surface area contributed by atoms with Gasteiger partial charge in [-0.3, -0.25) is 0 Å². The van der Waals surface area contributed by atoms with Gasteiger partial charge >= 0.3 is 6.61 Å². The Kier molecular flexibility index (Phi) is 6.06. The predicted molar refractivity (Wildman–Crippen MR) is 108 cm³/mol. The molecular weight excluding hydrogens is 414 g/mol. The van der Waals surface area contributed by atoms with E-state index in [0.29, 0.717) is 18.5 Å². The molecule has 1 aromatic heterocycles. The van der Waals surface area contributed by atoms with Crippen LogP contribution in [0.1, 0.15) is 23.4 Å². The summed E-state index contributed by atoms with van der Waals surface area (Å²) in [6.07, 6.45) is 4.96. The van der Waals surface area contributed by atoms with Crippen LogP contribution in [-0.4, -0.2) is 16.2 Å². The number of hydrogen-bond donors (Lipinski definition) is 0. The van der Waals surface area contributed by atoms with E-state index in [1.165, 1.54) is 0 Å². The lowest BCUT2D eigenvalue weighted by molar-refractivity contribution is -0.0504. The van der Waals surface area contributed by atoms with Crippen LogP contribution in [0.5, 0.6) is 5.75 Å². The van der Waals surface area contributed by atoms with Crippen molar-refractivity contribution >= 4 is 33.0 Å². The minimum atomic E-state index is -2.89. The van der Waals surface area contributed by atoms with Crippen molar-refractivity contribution in [1.29, 1.82) is 0 Å². The largest absolute Gasteiger partial charge is 0.434 e. The normalized spacial score (nSPS) is 11.1. The summed E-state index contributed by atoms with van der Waals surface area (Å²) in [4.78, 5) is 4.72. The van der Waals surface area contributed by atoms with Crippen molar-refractivity contribution in [2.24, 2.45) is 0 Å². The zero-order chi connectivity index (χ0) is 19.4. The van der Waals surface area contributed by atoms with Crippen LogP contribution in [0.2, 0.25) is 0 Å². The van der Waals surface area contributed by atoms with Crippen molar-refractivity contribution in [2.45, 2.75) is 26.0 Å². The SMILES string of the molecule is C=CCCc1nc2cc(Br)ccc2n1Cc1c(C=C)cccc1OC(F)F. The quantitative estimate of drug-likeness (QED) is 0.395. The number of ether oxygens (including phenoxy) is 1. The molecule has 140 valence electrons. The van der Waals surface area contributed by atoms with Gasteiger partial charge < -0.3 is 9.30 Å². The Balaban J connectivity index is 2.13. The zero-order valence-corrected chi connectivity index (χ0v) is 16.3. The third kappa shape index (κ3) is 4.27. The van der Waals surface area contributed by atoms with Crippen LogP contribution in [0.4, 0.5) is 8.78 Å². The van der Waals surface area contributed by atoms with E-state index in [9.17, 15) is 8.78 Å². The second-order valence-corrected chi connectivity index (χ2v) is 6.90. The average Bonchev–Trinajstić information content (AvgIpc) is 2.97. The van der Waals surface area contributed by atoms with E-state index in [0.717, 1.165) is 33.3 Å². The molecule has 0 saturated carbocycles. The van der Waals surface area contributed by atoms with Crippen LogP contribution < -0.4 is 4.74 Å². The Morgan fingerprint density at radius 2 is 2.04 bits per heavy atom. The summed E-state index contributed by atoms with van der Waals surface area (Å²) >= 11 is 3.47. The molecule has 3 aromatic rings. The lowest BCUT2D eigenvalue weighted by atomic mass is 10.1. The standard InChI is InChI=1S/C21H19BrF2N2O/c1-3-5-9-20-25-17-12-15(22)10-11-18(17)26(20)13-16-14(4-2)7-6-8-19(16)27-21(23)24/h3-4,6-8,10-12,21H,1-2,5,9,13H2. The smallest absolute Gasteiger partial charge is 0.387 e. The number of fused-ring (bicyclic) bond motifs is 1. The minimum absolute atomic E-state index is 0.149. The summed E-state index contributed by atoms with van der Waals surface area (Å²) in [6.45, 7) is 5.04. The second kappa shape index (κ2) is 8.48. The molecule has 2 aromatic carbocycles. The van der Waals surface area contributed by atoms with Gasteiger partial charge in [-0.1, -0.05) is 46.8 Å². The molecule has 0 fully saturated rings. The number of hydrogen-bond acceptors (Lipinski definition) is 2. The molecule has 0 bridgehead atoms. The first-order valence-corrected chi connectivity index (χ1v) is 9.27. The molecule has 0 aliphatic carbocycles. The van der Waals surface area contributed by atoms with Crippen molar-refractivity contribution in [3.63, 3.8) is 0 Å². The number of halogens is 3. The summed E-state index contributed by atoms with van der Waals surface area (Å²) in [5.74, 6) is 1.01. The molecule has 6 heteroatoms. The summed E-state index contributed by atoms with van der Waals surface area (Å²) in [7, 11) is 0. The van der Waals surface area contributed by atoms with Crippen molar-refractivity contribution in [2.75, 3.05) is 0 Å². The summed E-state index contributed by atoms with van der Waals surface area (Å²) in [5.41, 5.74) is 3.17. The fourth-order valence-electron chi connectivity index (χ4n) is 3.06. The van der Waals surface area contributed by atoms with Gasteiger partial charge in [0.05, 0.1) is 17.6 Å². The van der Waals surface area contributed by atoms with E-state index in [-0.39, 0.29) is 5.75 Å². The molecule has 0 unspecified atom stereocenters. The number of benzene rings is 2. The number of nitrogens with zero attached hydrogens (tertiary/aromatic N) is 2. The molecule has 0 radical (unpaired) electrons. The molecule has 0 aliphatic rings. The zero-order valence-electron chi connectivity index (χ0n) is 14.7. The molecule has 3 nitrogen and oxygen atoms in total. The predicted octanol–water partition coefficient (Wildman–Crippen LogP) is 6.21. The highest BCUT2D eigenvalue weighted by molar-refractivity contribution is 9.10. The first-order valence-electron chi connectivity index (χ1n) is 8.48. The van der Waals surface area contributed by atoms with Gasteiger partial charge in [-0.05, 0) is 36.2 Å². The van der Waals surface area contributed by atoms with Crippen molar-refractivity contribution in [3.8, 4) is 5.75 Å². The molecule has 0 spiro atoms. The van der Waals surface area contributed by atoms with Crippen molar-refractivity contribution in [3.05, 3.63) is 77.1 Å². The van der Waals surface area contributed by atoms with E-state index in [1.54, 1.807) is 18.2 Å². The molecule has 1 heterocycles. The van der Waals surface area contributed by atoms with Gasteiger partial charge in [-0.2, -0.15) is 8.78 Å². The van der Waals surface area contributed by atoms with Gasteiger partial charge in [0.1, 0.15) is 11.6 Å². The van der Waals surface area contributed by atoms with Crippen LogP contribution in [0, 0.1) is 0 Å². The van der Waals surface area contributed by atoms with E-state index in [2.05, 4.69) is 29.1 Å². The molecule has 0 atom stereocenters. The third-order valence-corrected chi connectivity index (χ3v) is 4.78. The Hall–Kier alpha value is -2.47. The van der Waals surface area contributed by atoms with Crippen LogP contribution in [0.25, 0.3) is 17.1 Å². The maximum atomic E-state index is 12.9. The second-order valence-electron chi connectivity index (χ2n) is 5.98. The highest BCUT2D eigenvalue weighted by Gasteiger charge is 2.17. The Morgan fingerprint density at radius 3 is 2.74 bits per heavy atom. The van der Waals surface area contributed by atoms with Gasteiger partial charge in [0.15, 0.2) is 0 Å². The number of aryl methyl sites for hydroxylation is 1. The molecular formula is C21H19BrF2N2O. The summed E-state index contributed by atoms with van der Waals surface area (Å²) < 4.78 is 33.5. The maximum Gasteiger partial charge on any atom is 0.387 e. The highest BCUT2D eigenvalue weighted by Crippen LogP contribution is 2.29. The highest BCUT2D eigenvalue weighted by atomic mass is 79.9. The molecule has 0 aliphatic heterocycles. The van der Waals surface area contributed by atoms with E-state index < -0.39 is 6.61 Å². The van der Waals surface area contributed by atoms with Gasteiger partial charge in [0.25, 0.3) is 0 Å². The number of alkyl halides is 2. The van der Waals surface area contributed by atoms with Gasteiger partial charge in [0.2, 0.25) is 0 Å². The minimum Gasteiger partial charge on any atom is -0.434 e. The van der Waals surface area contributed by atoms with Crippen LogP contribution in [-0.2, 0) is 13.0 Å². The van der Waals surface area contributed by atoms with Crippen LogP contribution in [0.15, 0.2) is 60.1 Å². The first-order chi connectivity index (χ1) is 13.0. The maximum absolute atomic E-state index is 12.9.